The zero-order chi connectivity index (χ0) is 23.1. The molecule has 2 aromatic heterocycles. The lowest BCUT2D eigenvalue weighted by Gasteiger charge is -2.12. The molecule has 2 rings (SSSR count). The van der Waals surface area contributed by atoms with Crippen LogP contribution >= 0.6 is 0 Å². The van der Waals surface area contributed by atoms with Crippen LogP contribution in [0.3, 0.4) is 0 Å². The molecular formula is C29H36N2. The summed E-state index contributed by atoms with van der Waals surface area (Å²) in [7, 11) is 2.08. The molecule has 0 radical (unpaired) electrons. The molecule has 2 heteroatoms. The van der Waals surface area contributed by atoms with Crippen LogP contribution in [0.15, 0.2) is 37.5 Å². The van der Waals surface area contributed by atoms with Crippen molar-refractivity contribution < 1.29 is 0 Å². The maximum atomic E-state index is 4.09. The van der Waals surface area contributed by atoms with Crippen molar-refractivity contribution in [2.75, 3.05) is 0 Å². The van der Waals surface area contributed by atoms with E-state index in [9.17, 15) is 0 Å². The van der Waals surface area contributed by atoms with E-state index in [4.69, 9.17) is 0 Å². The van der Waals surface area contributed by atoms with Crippen molar-refractivity contribution in [2.24, 2.45) is 7.05 Å². The molecule has 0 aliphatic heterocycles. The van der Waals surface area contributed by atoms with E-state index in [1.54, 1.807) is 0 Å². The Labute approximate surface area is 188 Å². The Balaban J connectivity index is 2.94. The summed E-state index contributed by atoms with van der Waals surface area (Å²) < 4.78 is 4.52. The predicted molar refractivity (Wildman–Crippen MR) is 143 cm³/mol. The number of rotatable bonds is 8. The van der Waals surface area contributed by atoms with Gasteiger partial charge in [-0.15, -0.1) is 0 Å². The molecule has 0 amide bonds. The van der Waals surface area contributed by atoms with Crippen molar-refractivity contribution in [3.8, 4) is 0 Å². The van der Waals surface area contributed by atoms with Gasteiger partial charge in [0.25, 0.3) is 0 Å². The molecular weight excluding hydrogens is 376 g/mol. The molecule has 0 bridgehead atoms. The fraction of sp³-hybridized carbons (Fsp3) is 0.241. The molecule has 0 N–H and O–H groups in total. The lowest BCUT2D eigenvalue weighted by atomic mass is 10.1. The van der Waals surface area contributed by atoms with Gasteiger partial charge in [-0.3, -0.25) is 0 Å². The van der Waals surface area contributed by atoms with Crippen molar-refractivity contribution in [2.45, 2.75) is 41.5 Å². The molecule has 0 aromatic carbocycles. The van der Waals surface area contributed by atoms with Gasteiger partial charge in [-0.1, -0.05) is 49.6 Å². The minimum atomic E-state index is 1.08. The Bertz CT molecular complexity index is 1120. The van der Waals surface area contributed by atoms with Crippen molar-refractivity contribution in [1.82, 2.24) is 9.13 Å². The van der Waals surface area contributed by atoms with E-state index in [0.717, 1.165) is 28.2 Å². The van der Waals surface area contributed by atoms with Crippen LogP contribution in [0.25, 0.3) is 48.2 Å². The minimum absolute atomic E-state index is 1.08. The number of hydrogen-bond donors (Lipinski definition) is 0. The average molecular weight is 413 g/mol. The molecule has 0 saturated heterocycles. The first kappa shape index (κ1) is 24.0. The molecule has 0 saturated carbocycles. The average Bonchev–Trinajstić information content (AvgIpc) is 3.14. The largest absolute Gasteiger partial charge is 0.344 e. The summed E-state index contributed by atoms with van der Waals surface area (Å²) in [5.74, 6) is 0. The van der Waals surface area contributed by atoms with Crippen LogP contribution in [0.4, 0.5) is 0 Å². The van der Waals surface area contributed by atoms with Crippen molar-refractivity contribution in [3.05, 3.63) is 82.5 Å². The topological polar surface area (TPSA) is 9.86 Å². The normalized spacial score (nSPS) is 12.9. The maximum absolute atomic E-state index is 4.09. The zero-order valence-electron chi connectivity index (χ0n) is 20.2. The van der Waals surface area contributed by atoms with Crippen LogP contribution in [-0.4, -0.2) is 9.13 Å². The minimum Gasteiger partial charge on any atom is -0.344 e. The summed E-state index contributed by atoms with van der Waals surface area (Å²) in [6.07, 6.45) is 23.2. The van der Waals surface area contributed by atoms with Gasteiger partial charge in [0, 0.05) is 46.5 Å². The second kappa shape index (κ2) is 10.7. The van der Waals surface area contributed by atoms with E-state index in [0.29, 0.717) is 0 Å². The third-order valence-electron chi connectivity index (χ3n) is 5.52. The summed E-state index contributed by atoms with van der Waals surface area (Å²) in [5, 5.41) is 0. The third kappa shape index (κ3) is 4.44. The molecule has 31 heavy (non-hydrogen) atoms. The highest BCUT2D eigenvalue weighted by Crippen LogP contribution is 2.33. The molecule has 0 aliphatic rings. The molecule has 0 spiro atoms. The summed E-state index contributed by atoms with van der Waals surface area (Å²) in [5.41, 5.74) is 10.5. The maximum Gasteiger partial charge on any atom is 0.0530 e. The lowest BCUT2D eigenvalue weighted by Crippen LogP contribution is -2.00. The molecule has 0 aliphatic carbocycles. The van der Waals surface area contributed by atoms with E-state index in [-0.39, 0.29) is 0 Å². The second-order valence-electron chi connectivity index (χ2n) is 7.50. The Hall–Kier alpha value is -3.26. The van der Waals surface area contributed by atoms with Gasteiger partial charge in [-0.05, 0) is 77.5 Å². The summed E-state index contributed by atoms with van der Waals surface area (Å²) in [6, 6.07) is 0. The quantitative estimate of drug-likeness (QED) is 0.411. The highest BCUT2D eigenvalue weighted by Gasteiger charge is 2.18. The molecule has 2 nitrogen and oxygen atoms in total. The van der Waals surface area contributed by atoms with Gasteiger partial charge in [0.1, 0.15) is 0 Å². The van der Waals surface area contributed by atoms with Gasteiger partial charge in [-0.25, -0.2) is 0 Å². The van der Waals surface area contributed by atoms with E-state index >= 15 is 0 Å². The Morgan fingerprint density at radius 1 is 0.677 bits per heavy atom. The van der Waals surface area contributed by atoms with Gasteiger partial charge in [0.2, 0.25) is 0 Å². The van der Waals surface area contributed by atoms with Gasteiger partial charge >= 0.3 is 0 Å². The molecule has 0 unspecified atom stereocenters. The molecule has 2 aromatic rings. The predicted octanol–water partition coefficient (Wildman–Crippen LogP) is 8.57. The summed E-state index contributed by atoms with van der Waals surface area (Å²) >= 11 is 0. The van der Waals surface area contributed by atoms with Crippen LogP contribution in [0.2, 0.25) is 0 Å². The smallest absolute Gasteiger partial charge is 0.0530 e. The first-order chi connectivity index (χ1) is 14.9. The van der Waals surface area contributed by atoms with E-state index in [1.165, 1.54) is 22.5 Å². The molecule has 162 valence electrons. The number of aromatic nitrogens is 2. The van der Waals surface area contributed by atoms with Crippen molar-refractivity contribution >= 4 is 48.2 Å². The van der Waals surface area contributed by atoms with Crippen LogP contribution in [0.1, 0.15) is 79.6 Å². The second-order valence-corrected chi connectivity index (χ2v) is 7.50. The van der Waals surface area contributed by atoms with Crippen LogP contribution in [0.5, 0.6) is 0 Å². The Morgan fingerprint density at radius 3 is 1.74 bits per heavy atom. The van der Waals surface area contributed by atoms with Gasteiger partial charge in [0.15, 0.2) is 0 Å². The summed E-state index contributed by atoms with van der Waals surface area (Å²) in [6.45, 7) is 20.7. The molecule has 2 heterocycles. The number of hydrogen-bond acceptors (Lipinski definition) is 0. The van der Waals surface area contributed by atoms with Crippen LogP contribution < -0.4 is 0 Å². The fourth-order valence-corrected chi connectivity index (χ4v) is 4.20. The first-order valence-corrected chi connectivity index (χ1v) is 10.8. The van der Waals surface area contributed by atoms with Crippen LogP contribution in [-0.2, 0) is 7.05 Å². The number of nitrogens with zero attached hydrogens (tertiary/aromatic N) is 2. The third-order valence-corrected chi connectivity index (χ3v) is 5.52. The van der Waals surface area contributed by atoms with E-state index < -0.39 is 0 Å². The number of allylic oxidation sites excluding steroid dienone is 5. The lowest BCUT2D eigenvalue weighted by molar-refractivity contribution is 0.901. The van der Waals surface area contributed by atoms with E-state index in [2.05, 4.69) is 119 Å². The zero-order valence-corrected chi connectivity index (χ0v) is 20.2. The Kier molecular flexibility index (Phi) is 8.27. The highest BCUT2D eigenvalue weighted by molar-refractivity contribution is 5.86. The first-order valence-electron chi connectivity index (χ1n) is 10.8. The van der Waals surface area contributed by atoms with Crippen molar-refractivity contribution in [3.63, 3.8) is 0 Å². The SMILES string of the molecule is C=Cc1c(/C=C(\C)n2c(/C=C\C)c(C)c(/C=C\C)c2/C=C\C)c(C=C)n(C)c1/C=C\C. The van der Waals surface area contributed by atoms with Gasteiger partial charge in [-0.2, -0.15) is 0 Å². The molecule has 0 atom stereocenters. The van der Waals surface area contributed by atoms with Crippen LogP contribution in [0, 0.1) is 6.92 Å². The van der Waals surface area contributed by atoms with Gasteiger partial charge < -0.3 is 9.13 Å². The summed E-state index contributed by atoms with van der Waals surface area (Å²) in [4.78, 5) is 0. The van der Waals surface area contributed by atoms with Crippen molar-refractivity contribution in [1.29, 1.82) is 0 Å². The Morgan fingerprint density at radius 2 is 1.23 bits per heavy atom. The standard InChI is InChI=1S/C29H36N2/c1-10-16-24-22(8)27(17-11-2)31(29(24)19-13-4)21(7)20-25-23(14-5)28(18-12-3)30(9)26(25)15-6/h10-20H,5-6H2,1-4,7-9H3/b16-10-,17-11-,18-12-,19-13-,21-20+. The van der Waals surface area contributed by atoms with E-state index in [1.807, 2.05) is 19.1 Å². The monoisotopic (exact) mass is 412 g/mol. The fourth-order valence-electron chi connectivity index (χ4n) is 4.20. The van der Waals surface area contributed by atoms with Gasteiger partial charge in [0.05, 0.1) is 5.69 Å². The highest BCUT2D eigenvalue weighted by atomic mass is 15.0. The molecule has 0 fully saturated rings.